The van der Waals surface area contributed by atoms with Gasteiger partial charge in [-0.2, -0.15) is 0 Å². The van der Waals surface area contributed by atoms with E-state index in [0.717, 1.165) is 13.0 Å². The molecular weight excluding hydrogens is 240 g/mol. The maximum Gasteiger partial charge on any atom is 0.225 e. The van der Waals surface area contributed by atoms with Gasteiger partial charge in [0.25, 0.3) is 0 Å². The molecule has 1 aromatic rings. The SMILES string of the molecule is CS(=O)(=O)N1CCCN(c2ncccn2)CC1. The van der Waals surface area contributed by atoms with Crippen molar-refractivity contribution in [3.05, 3.63) is 18.5 Å². The standard InChI is InChI=1S/C10H16N4O2S/c1-17(15,16)14-7-3-6-13(8-9-14)10-11-4-2-5-12-10/h2,4-5H,3,6-9H2,1H3. The summed E-state index contributed by atoms with van der Waals surface area (Å²) >= 11 is 0. The Kier molecular flexibility index (Phi) is 3.58. The van der Waals surface area contributed by atoms with Gasteiger partial charge in [0, 0.05) is 38.6 Å². The molecule has 1 saturated heterocycles. The van der Waals surface area contributed by atoms with Gasteiger partial charge in [0.05, 0.1) is 6.26 Å². The topological polar surface area (TPSA) is 66.4 Å². The first-order chi connectivity index (χ1) is 8.07. The molecule has 17 heavy (non-hydrogen) atoms. The quantitative estimate of drug-likeness (QED) is 0.742. The second-order valence-electron chi connectivity index (χ2n) is 4.05. The van der Waals surface area contributed by atoms with E-state index in [2.05, 4.69) is 9.97 Å². The zero-order valence-electron chi connectivity index (χ0n) is 9.78. The van der Waals surface area contributed by atoms with Crippen LogP contribution in [-0.2, 0) is 10.0 Å². The predicted molar refractivity (Wildman–Crippen MR) is 65.3 cm³/mol. The van der Waals surface area contributed by atoms with Crippen molar-refractivity contribution in [3.8, 4) is 0 Å². The van der Waals surface area contributed by atoms with E-state index >= 15 is 0 Å². The third-order valence-corrected chi connectivity index (χ3v) is 4.06. The molecule has 1 aliphatic rings. The minimum absolute atomic E-state index is 0.497. The van der Waals surface area contributed by atoms with Gasteiger partial charge in [-0.1, -0.05) is 0 Å². The van der Waals surface area contributed by atoms with Crippen LogP contribution in [0.2, 0.25) is 0 Å². The maximum absolute atomic E-state index is 11.5. The number of hydrogen-bond acceptors (Lipinski definition) is 5. The number of anilines is 1. The highest BCUT2D eigenvalue weighted by atomic mass is 32.2. The van der Waals surface area contributed by atoms with E-state index < -0.39 is 10.0 Å². The lowest BCUT2D eigenvalue weighted by molar-refractivity contribution is 0.437. The van der Waals surface area contributed by atoms with E-state index in [-0.39, 0.29) is 0 Å². The smallest absolute Gasteiger partial charge is 0.225 e. The Morgan fingerprint density at radius 1 is 1.12 bits per heavy atom. The molecule has 0 aromatic carbocycles. The zero-order valence-corrected chi connectivity index (χ0v) is 10.6. The lowest BCUT2D eigenvalue weighted by Crippen LogP contribution is -2.34. The zero-order chi connectivity index (χ0) is 12.3. The van der Waals surface area contributed by atoms with E-state index in [4.69, 9.17) is 0 Å². The molecule has 1 aromatic heterocycles. The van der Waals surface area contributed by atoms with E-state index in [1.54, 1.807) is 18.5 Å². The summed E-state index contributed by atoms with van der Waals surface area (Å²) in [5, 5.41) is 0. The van der Waals surface area contributed by atoms with Crippen LogP contribution in [0.15, 0.2) is 18.5 Å². The number of rotatable bonds is 2. The fraction of sp³-hybridized carbons (Fsp3) is 0.600. The normalized spacial score (nSPS) is 19.0. The van der Waals surface area contributed by atoms with Crippen LogP contribution in [0, 0.1) is 0 Å². The summed E-state index contributed by atoms with van der Waals surface area (Å²) in [6.07, 6.45) is 5.44. The maximum atomic E-state index is 11.5. The van der Waals surface area contributed by atoms with Gasteiger partial charge in [0.2, 0.25) is 16.0 Å². The van der Waals surface area contributed by atoms with Crippen molar-refractivity contribution >= 4 is 16.0 Å². The van der Waals surface area contributed by atoms with Crippen molar-refractivity contribution in [2.24, 2.45) is 0 Å². The fourth-order valence-corrected chi connectivity index (χ4v) is 2.75. The number of sulfonamides is 1. The predicted octanol–water partition coefficient (Wildman–Crippen LogP) is -0.0517. The number of nitrogens with zero attached hydrogens (tertiary/aromatic N) is 4. The summed E-state index contributed by atoms with van der Waals surface area (Å²) in [7, 11) is -3.09. The Labute approximate surface area is 101 Å². The van der Waals surface area contributed by atoms with Crippen molar-refractivity contribution < 1.29 is 8.42 Å². The average Bonchev–Trinajstić information content (AvgIpc) is 2.55. The first-order valence-electron chi connectivity index (χ1n) is 5.54. The summed E-state index contributed by atoms with van der Waals surface area (Å²) in [5.74, 6) is 0.669. The van der Waals surface area contributed by atoms with Gasteiger partial charge in [-0.15, -0.1) is 0 Å². The largest absolute Gasteiger partial charge is 0.339 e. The van der Waals surface area contributed by atoms with Crippen molar-refractivity contribution in [2.75, 3.05) is 37.3 Å². The molecule has 0 bridgehead atoms. The van der Waals surface area contributed by atoms with Gasteiger partial charge in [0.15, 0.2) is 0 Å². The molecule has 94 valence electrons. The van der Waals surface area contributed by atoms with Crippen LogP contribution in [0.3, 0.4) is 0 Å². The average molecular weight is 256 g/mol. The third-order valence-electron chi connectivity index (χ3n) is 2.76. The Morgan fingerprint density at radius 2 is 1.82 bits per heavy atom. The number of aromatic nitrogens is 2. The van der Waals surface area contributed by atoms with E-state index in [1.807, 2.05) is 4.90 Å². The van der Waals surface area contributed by atoms with E-state index in [9.17, 15) is 8.42 Å². The van der Waals surface area contributed by atoms with Crippen molar-refractivity contribution in [1.29, 1.82) is 0 Å². The Morgan fingerprint density at radius 3 is 2.47 bits per heavy atom. The summed E-state index contributed by atoms with van der Waals surface area (Å²) in [6.45, 7) is 2.49. The monoisotopic (exact) mass is 256 g/mol. The van der Waals surface area contributed by atoms with Gasteiger partial charge < -0.3 is 4.90 Å². The second-order valence-corrected chi connectivity index (χ2v) is 6.03. The van der Waals surface area contributed by atoms with Crippen LogP contribution in [0.25, 0.3) is 0 Å². The first-order valence-corrected chi connectivity index (χ1v) is 7.39. The summed E-state index contributed by atoms with van der Waals surface area (Å²) in [4.78, 5) is 10.4. The molecule has 0 spiro atoms. The molecule has 1 aliphatic heterocycles. The molecular formula is C10H16N4O2S. The number of hydrogen-bond donors (Lipinski definition) is 0. The van der Waals surface area contributed by atoms with Crippen molar-refractivity contribution in [2.45, 2.75) is 6.42 Å². The second kappa shape index (κ2) is 4.97. The highest BCUT2D eigenvalue weighted by molar-refractivity contribution is 7.88. The third kappa shape index (κ3) is 3.13. The van der Waals surface area contributed by atoms with Crippen LogP contribution < -0.4 is 4.90 Å². The molecule has 0 atom stereocenters. The lowest BCUT2D eigenvalue weighted by atomic mass is 10.4. The van der Waals surface area contributed by atoms with Crippen LogP contribution in [-0.4, -0.2) is 55.1 Å². The molecule has 2 rings (SSSR count). The summed E-state index contributed by atoms with van der Waals surface area (Å²) in [6, 6.07) is 1.77. The van der Waals surface area contributed by atoms with Gasteiger partial charge >= 0.3 is 0 Å². The lowest BCUT2D eigenvalue weighted by Gasteiger charge is -2.20. The molecule has 2 heterocycles. The molecule has 7 heteroatoms. The van der Waals surface area contributed by atoms with Crippen LogP contribution in [0.1, 0.15) is 6.42 Å². The fourth-order valence-electron chi connectivity index (χ4n) is 1.88. The minimum Gasteiger partial charge on any atom is -0.339 e. The van der Waals surface area contributed by atoms with Gasteiger partial charge in [-0.25, -0.2) is 22.7 Å². The molecule has 0 aliphatic carbocycles. The Balaban J connectivity index is 2.06. The highest BCUT2D eigenvalue weighted by Crippen LogP contribution is 2.11. The van der Waals surface area contributed by atoms with Gasteiger partial charge in [0.1, 0.15) is 0 Å². The van der Waals surface area contributed by atoms with Gasteiger partial charge in [-0.3, -0.25) is 0 Å². The molecule has 0 amide bonds. The van der Waals surface area contributed by atoms with Crippen LogP contribution >= 0.6 is 0 Å². The highest BCUT2D eigenvalue weighted by Gasteiger charge is 2.22. The Hall–Kier alpha value is -1.21. The van der Waals surface area contributed by atoms with Crippen LogP contribution in [0.5, 0.6) is 0 Å². The molecule has 6 nitrogen and oxygen atoms in total. The summed E-state index contributed by atoms with van der Waals surface area (Å²) in [5.41, 5.74) is 0. The minimum atomic E-state index is -3.09. The Bertz CT molecular complexity index is 462. The first kappa shape index (κ1) is 12.3. The molecule has 1 fully saturated rings. The molecule has 0 N–H and O–H groups in total. The van der Waals surface area contributed by atoms with Crippen LogP contribution in [0.4, 0.5) is 5.95 Å². The molecule has 0 radical (unpaired) electrons. The van der Waals surface area contributed by atoms with Crippen molar-refractivity contribution in [3.63, 3.8) is 0 Å². The van der Waals surface area contributed by atoms with E-state index in [0.29, 0.717) is 25.6 Å². The van der Waals surface area contributed by atoms with Gasteiger partial charge in [-0.05, 0) is 12.5 Å². The molecule has 0 saturated carbocycles. The summed E-state index contributed by atoms with van der Waals surface area (Å²) < 4.78 is 24.4. The van der Waals surface area contributed by atoms with Crippen molar-refractivity contribution in [1.82, 2.24) is 14.3 Å². The molecule has 0 unspecified atom stereocenters. The van der Waals surface area contributed by atoms with E-state index in [1.165, 1.54) is 10.6 Å².